The van der Waals surface area contributed by atoms with Crippen molar-refractivity contribution in [2.45, 2.75) is 52.4 Å². The molecule has 0 bridgehead atoms. The molecule has 0 unspecified atom stereocenters. The average Bonchev–Trinajstić information content (AvgIpc) is 2.37. The highest BCUT2D eigenvalue weighted by molar-refractivity contribution is 7.91. The molecule has 0 aromatic carbocycles. The standard InChI is InChI=1S/C10H22OS.C3H6O4S/c1-3-5-7-9-12(11)10-8-6-4-2;1-2-3-7-8(4,5)6/h3-10H2,1-2H3;2H,1,3H2,(H,4,5,6). The van der Waals surface area contributed by atoms with Crippen molar-refractivity contribution in [2.75, 3.05) is 18.1 Å². The van der Waals surface area contributed by atoms with E-state index in [-0.39, 0.29) is 6.61 Å². The normalized spacial score (nSPS) is 11.1. The number of rotatable bonds is 11. The fraction of sp³-hybridized carbons (Fsp3) is 0.846. The lowest BCUT2D eigenvalue weighted by molar-refractivity contribution is 0.296. The van der Waals surface area contributed by atoms with Gasteiger partial charge in [-0.1, -0.05) is 43.9 Å². The van der Waals surface area contributed by atoms with E-state index in [9.17, 15) is 13.0 Å². The Labute approximate surface area is 126 Å². The Morgan fingerprint density at radius 1 is 1.15 bits per heavy atom. The maximum atomic E-state index is 11.3. The van der Waals surface area contributed by atoms with Crippen molar-refractivity contribution in [1.82, 2.24) is 0 Å². The number of unbranched alkanes of at least 4 members (excludes halogenated alkanes) is 4. The van der Waals surface area contributed by atoms with E-state index >= 15 is 0 Å². The Bertz CT molecular complexity index is 294. The Balaban J connectivity index is 0. The molecule has 0 saturated heterocycles. The molecule has 0 aliphatic carbocycles. The minimum absolute atomic E-state index is 0.196. The van der Waals surface area contributed by atoms with E-state index in [1.807, 2.05) is 0 Å². The van der Waals surface area contributed by atoms with Gasteiger partial charge in [0.15, 0.2) is 0 Å². The molecule has 0 radical (unpaired) electrons. The third-order valence-electron chi connectivity index (χ3n) is 2.29. The topological polar surface area (TPSA) is 86.7 Å². The van der Waals surface area contributed by atoms with Crippen LogP contribution in [-0.4, -0.2) is 35.6 Å². The highest BCUT2D eigenvalue weighted by Gasteiger charge is 2.03. The molecule has 0 fully saturated rings. The summed E-state index contributed by atoms with van der Waals surface area (Å²) < 4.78 is 42.3. The summed E-state index contributed by atoms with van der Waals surface area (Å²) in [5, 5.41) is 0. The lowest BCUT2D eigenvalue weighted by atomic mass is 10.3. The van der Waals surface area contributed by atoms with Gasteiger partial charge in [-0.2, -0.15) is 8.42 Å². The molecule has 0 aromatic rings. The van der Waals surface area contributed by atoms with Gasteiger partial charge in [-0.05, 0) is 25.7 Å². The van der Waals surface area contributed by atoms with Crippen LogP contribution in [0.2, 0.25) is 0 Å². The van der Waals surface area contributed by atoms with Crippen molar-refractivity contribution in [2.24, 2.45) is 0 Å². The summed E-state index contributed by atoms with van der Waals surface area (Å²) >= 11 is -0.523. The zero-order chi connectivity index (χ0) is 15.9. The van der Waals surface area contributed by atoms with E-state index in [1.165, 1.54) is 31.8 Å². The van der Waals surface area contributed by atoms with E-state index in [2.05, 4.69) is 24.6 Å². The largest absolute Gasteiger partial charge is 0.616 e. The molecule has 0 atom stereocenters. The SMILES string of the molecule is C=CCOS(=O)(=O)O.CCCCC[S+]([O-])CCCCC. The van der Waals surface area contributed by atoms with Gasteiger partial charge in [0.2, 0.25) is 0 Å². The van der Waals surface area contributed by atoms with Crippen molar-refractivity contribution in [1.29, 1.82) is 0 Å². The Kier molecular flexibility index (Phi) is 17.0. The molecular formula is C13H28O5S2. The van der Waals surface area contributed by atoms with Gasteiger partial charge in [0, 0.05) is 0 Å². The fourth-order valence-electron chi connectivity index (χ4n) is 1.26. The molecule has 0 aliphatic rings. The molecular weight excluding hydrogens is 300 g/mol. The van der Waals surface area contributed by atoms with Crippen LogP contribution in [0.25, 0.3) is 0 Å². The molecule has 20 heavy (non-hydrogen) atoms. The van der Waals surface area contributed by atoms with Crippen molar-refractivity contribution in [3.8, 4) is 0 Å². The van der Waals surface area contributed by atoms with Gasteiger partial charge in [-0.3, -0.25) is 4.55 Å². The van der Waals surface area contributed by atoms with Crippen molar-refractivity contribution in [3.05, 3.63) is 12.7 Å². The minimum atomic E-state index is -4.26. The first-order valence-electron chi connectivity index (χ1n) is 6.95. The molecule has 0 aliphatic heterocycles. The van der Waals surface area contributed by atoms with Gasteiger partial charge < -0.3 is 4.55 Å². The third kappa shape index (κ3) is 23.0. The van der Waals surface area contributed by atoms with Crippen LogP contribution in [0.15, 0.2) is 12.7 Å². The second-order valence-electron chi connectivity index (χ2n) is 4.26. The van der Waals surface area contributed by atoms with Gasteiger partial charge in [0.25, 0.3) is 0 Å². The molecule has 1 N–H and O–H groups in total. The fourth-order valence-corrected chi connectivity index (χ4v) is 2.79. The lowest BCUT2D eigenvalue weighted by Gasteiger charge is -2.09. The van der Waals surface area contributed by atoms with Gasteiger partial charge >= 0.3 is 10.4 Å². The zero-order valence-corrected chi connectivity index (χ0v) is 14.2. The van der Waals surface area contributed by atoms with Gasteiger partial charge in [-0.25, -0.2) is 4.18 Å². The molecule has 0 saturated carbocycles. The molecule has 0 rings (SSSR count). The lowest BCUT2D eigenvalue weighted by Crippen LogP contribution is -2.10. The first kappa shape index (κ1) is 22.2. The summed E-state index contributed by atoms with van der Waals surface area (Å²) in [7, 11) is -4.26. The zero-order valence-electron chi connectivity index (χ0n) is 12.5. The Hall–Kier alpha value is -0.0800. The van der Waals surface area contributed by atoms with E-state index in [0.29, 0.717) is 0 Å². The van der Waals surface area contributed by atoms with Crippen molar-refractivity contribution < 1.29 is 21.7 Å². The molecule has 5 nitrogen and oxygen atoms in total. The quantitative estimate of drug-likeness (QED) is 0.272. The maximum absolute atomic E-state index is 11.3. The molecule has 0 heterocycles. The van der Waals surface area contributed by atoms with E-state index < -0.39 is 21.6 Å². The predicted molar refractivity (Wildman–Crippen MR) is 84.6 cm³/mol. The molecule has 7 heteroatoms. The van der Waals surface area contributed by atoms with Crippen LogP contribution in [0.3, 0.4) is 0 Å². The summed E-state index contributed by atoms with van der Waals surface area (Å²) in [5.41, 5.74) is 0. The van der Waals surface area contributed by atoms with Crippen LogP contribution >= 0.6 is 0 Å². The Morgan fingerprint density at radius 2 is 1.60 bits per heavy atom. The molecule has 122 valence electrons. The highest BCUT2D eigenvalue weighted by Crippen LogP contribution is 2.04. The van der Waals surface area contributed by atoms with Crippen molar-refractivity contribution >= 4 is 21.6 Å². The molecule has 0 spiro atoms. The smallest absolute Gasteiger partial charge is 0.397 e. The second-order valence-corrected chi connectivity index (χ2v) is 7.05. The van der Waals surface area contributed by atoms with E-state index in [1.54, 1.807) is 0 Å². The van der Waals surface area contributed by atoms with Crippen LogP contribution in [0, 0.1) is 0 Å². The summed E-state index contributed by atoms with van der Waals surface area (Å²) in [6.45, 7) is 7.33. The van der Waals surface area contributed by atoms with Gasteiger partial charge in [0.05, 0.1) is 6.61 Å². The number of hydrogen-bond donors (Lipinski definition) is 1. The summed E-state index contributed by atoms with van der Waals surface area (Å²) in [4.78, 5) is 0. The van der Waals surface area contributed by atoms with Crippen LogP contribution in [0.1, 0.15) is 52.4 Å². The monoisotopic (exact) mass is 328 g/mol. The maximum Gasteiger partial charge on any atom is 0.397 e. The summed E-state index contributed by atoms with van der Waals surface area (Å²) in [6, 6.07) is 0. The first-order valence-corrected chi connectivity index (χ1v) is 9.80. The Morgan fingerprint density at radius 3 is 1.85 bits per heavy atom. The van der Waals surface area contributed by atoms with Gasteiger partial charge in [-0.15, -0.1) is 6.58 Å². The van der Waals surface area contributed by atoms with Crippen LogP contribution in [-0.2, 0) is 25.8 Å². The molecule has 0 aromatic heterocycles. The third-order valence-corrected chi connectivity index (χ3v) is 4.21. The molecule has 0 amide bonds. The second kappa shape index (κ2) is 15.3. The summed E-state index contributed by atoms with van der Waals surface area (Å²) in [5.74, 6) is 1.86. The van der Waals surface area contributed by atoms with Crippen LogP contribution < -0.4 is 0 Å². The highest BCUT2D eigenvalue weighted by atomic mass is 32.3. The predicted octanol–water partition coefficient (Wildman–Crippen LogP) is 3.11. The van der Waals surface area contributed by atoms with Crippen LogP contribution in [0.4, 0.5) is 0 Å². The summed E-state index contributed by atoms with van der Waals surface area (Å²) in [6.07, 6.45) is 8.44. The van der Waals surface area contributed by atoms with Crippen molar-refractivity contribution in [3.63, 3.8) is 0 Å². The van der Waals surface area contributed by atoms with Crippen LogP contribution in [0.5, 0.6) is 0 Å². The van der Waals surface area contributed by atoms with Gasteiger partial charge in [0.1, 0.15) is 11.5 Å². The number of hydrogen-bond acceptors (Lipinski definition) is 4. The van der Waals surface area contributed by atoms with E-state index in [0.717, 1.165) is 24.3 Å². The minimum Gasteiger partial charge on any atom is -0.616 e. The van der Waals surface area contributed by atoms with E-state index in [4.69, 9.17) is 4.55 Å². The average molecular weight is 328 g/mol. The first-order chi connectivity index (χ1) is 9.37.